The Hall–Kier alpha value is -2.44. The Balaban J connectivity index is 1.60. The van der Waals surface area contributed by atoms with Crippen molar-refractivity contribution >= 4 is 6.03 Å². The van der Waals surface area contributed by atoms with Gasteiger partial charge in [0.15, 0.2) is 5.82 Å². The topological polar surface area (TPSA) is 92.9 Å². The molecule has 0 fully saturated rings. The van der Waals surface area contributed by atoms with Crippen molar-refractivity contribution in [1.29, 1.82) is 0 Å². The maximum atomic E-state index is 11.6. The van der Waals surface area contributed by atoms with Gasteiger partial charge in [0, 0.05) is 25.1 Å². The highest BCUT2D eigenvalue weighted by Crippen LogP contribution is 2.10. The minimum Gasteiger partial charge on any atom is -0.339 e. The molecular formula is C15H21N5O2. The van der Waals surface area contributed by atoms with Gasteiger partial charge in [-0.25, -0.2) is 4.79 Å². The molecule has 0 aliphatic carbocycles. The number of carbonyl (C=O) groups is 1. The highest BCUT2D eigenvalue weighted by atomic mass is 16.5. The molecule has 0 aromatic carbocycles. The molecule has 2 aromatic heterocycles. The molecule has 0 atom stereocenters. The summed E-state index contributed by atoms with van der Waals surface area (Å²) < 4.78 is 5.14. The SMILES string of the molecule is CC(C)c1noc(CCCNC(=O)NCc2ccccn2)n1. The van der Waals surface area contributed by atoms with Crippen LogP contribution >= 0.6 is 0 Å². The Labute approximate surface area is 129 Å². The van der Waals surface area contributed by atoms with Gasteiger partial charge < -0.3 is 15.2 Å². The predicted octanol–water partition coefficient (Wildman–Crippen LogP) is 2.02. The van der Waals surface area contributed by atoms with E-state index >= 15 is 0 Å². The van der Waals surface area contributed by atoms with Crippen molar-refractivity contribution in [2.24, 2.45) is 0 Å². The van der Waals surface area contributed by atoms with Crippen molar-refractivity contribution in [2.75, 3.05) is 6.54 Å². The number of pyridine rings is 1. The largest absolute Gasteiger partial charge is 0.339 e. The normalized spacial score (nSPS) is 10.7. The molecule has 2 aromatic rings. The van der Waals surface area contributed by atoms with Crippen molar-refractivity contribution < 1.29 is 9.32 Å². The molecule has 22 heavy (non-hydrogen) atoms. The molecule has 0 aliphatic heterocycles. The fourth-order valence-corrected chi connectivity index (χ4v) is 1.78. The molecule has 118 valence electrons. The van der Waals surface area contributed by atoms with Crippen molar-refractivity contribution in [3.05, 3.63) is 41.8 Å². The maximum absolute atomic E-state index is 11.6. The Morgan fingerprint density at radius 2 is 2.18 bits per heavy atom. The number of aromatic nitrogens is 3. The summed E-state index contributed by atoms with van der Waals surface area (Å²) in [5.74, 6) is 1.59. The Bertz CT molecular complexity index is 583. The molecule has 7 nitrogen and oxygen atoms in total. The van der Waals surface area contributed by atoms with Crippen molar-refractivity contribution in [3.8, 4) is 0 Å². The van der Waals surface area contributed by atoms with Gasteiger partial charge in [-0.1, -0.05) is 25.1 Å². The maximum Gasteiger partial charge on any atom is 0.315 e. The van der Waals surface area contributed by atoms with Gasteiger partial charge in [0.2, 0.25) is 5.89 Å². The lowest BCUT2D eigenvalue weighted by molar-refractivity contribution is 0.240. The van der Waals surface area contributed by atoms with Crippen LogP contribution in [0.2, 0.25) is 0 Å². The molecule has 2 rings (SSSR count). The Kier molecular flexibility index (Phi) is 5.88. The minimum absolute atomic E-state index is 0.209. The molecule has 0 bridgehead atoms. The summed E-state index contributed by atoms with van der Waals surface area (Å²) in [5.41, 5.74) is 0.824. The lowest BCUT2D eigenvalue weighted by Gasteiger charge is -2.06. The monoisotopic (exact) mass is 303 g/mol. The molecule has 2 amide bonds. The summed E-state index contributed by atoms with van der Waals surface area (Å²) in [6, 6.07) is 5.38. The second-order valence-corrected chi connectivity index (χ2v) is 5.24. The standard InChI is InChI=1S/C15H21N5O2/c1-11(2)14-19-13(22-20-14)7-5-9-17-15(21)18-10-12-6-3-4-8-16-12/h3-4,6,8,11H,5,7,9-10H2,1-2H3,(H2,17,18,21). The van der Waals surface area contributed by atoms with Gasteiger partial charge in [-0.3, -0.25) is 4.98 Å². The number of amides is 2. The second-order valence-electron chi connectivity index (χ2n) is 5.24. The molecule has 7 heteroatoms. The van der Waals surface area contributed by atoms with Crippen LogP contribution < -0.4 is 10.6 Å². The van der Waals surface area contributed by atoms with Crippen LogP contribution in [-0.2, 0) is 13.0 Å². The molecule has 0 spiro atoms. The first-order valence-electron chi connectivity index (χ1n) is 7.39. The minimum atomic E-state index is -0.209. The van der Waals surface area contributed by atoms with Crippen molar-refractivity contribution in [1.82, 2.24) is 25.8 Å². The summed E-state index contributed by atoms with van der Waals surface area (Å²) in [6.45, 7) is 4.99. The molecule has 0 saturated heterocycles. The van der Waals surface area contributed by atoms with E-state index in [4.69, 9.17) is 4.52 Å². The molecule has 0 unspecified atom stereocenters. The van der Waals surface area contributed by atoms with Crippen LogP contribution in [-0.4, -0.2) is 27.7 Å². The van der Waals surface area contributed by atoms with E-state index in [1.165, 1.54) is 0 Å². The number of aryl methyl sites for hydroxylation is 1. The number of nitrogens with zero attached hydrogens (tertiary/aromatic N) is 3. The smallest absolute Gasteiger partial charge is 0.315 e. The van der Waals surface area contributed by atoms with Crippen LogP contribution in [0, 0.1) is 0 Å². The molecule has 0 radical (unpaired) electrons. The first kappa shape index (κ1) is 15.9. The number of nitrogens with one attached hydrogen (secondary N) is 2. The van der Waals surface area contributed by atoms with Gasteiger partial charge in [0.25, 0.3) is 0 Å². The summed E-state index contributed by atoms with van der Waals surface area (Å²) in [7, 11) is 0. The van der Waals surface area contributed by atoms with Crippen LogP contribution in [0.3, 0.4) is 0 Å². The first-order valence-corrected chi connectivity index (χ1v) is 7.39. The van der Waals surface area contributed by atoms with Crippen LogP contribution in [0.25, 0.3) is 0 Å². The van der Waals surface area contributed by atoms with Gasteiger partial charge in [-0.2, -0.15) is 4.98 Å². The fourth-order valence-electron chi connectivity index (χ4n) is 1.78. The molecule has 2 N–H and O–H groups in total. The van der Waals surface area contributed by atoms with E-state index < -0.39 is 0 Å². The zero-order valence-corrected chi connectivity index (χ0v) is 12.9. The van der Waals surface area contributed by atoms with E-state index in [0.717, 1.165) is 17.9 Å². The van der Waals surface area contributed by atoms with E-state index in [1.54, 1.807) is 6.20 Å². The average molecular weight is 303 g/mol. The van der Waals surface area contributed by atoms with Gasteiger partial charge >= 0.3 is 6.03 Å². The number of hydrogen-bond donors (Lipinski definition) is 2. The Morgan fingerprint density at radius 1 is 1.32 bits per heavy atom. The van der Waals surface area contributed by atoms with Crippen LogP contribution in [0.4, 0.5) is 4.79 Å². The predicted molar refractivity (Wildman–Crippen MR) is 81.2 cm³/mol. The highest BCUT2D eigenvalue weighted by molar-refractivity contribution is 5.73. The van der Waals surface area contributed by atoms with Crippen LogP contribution in [0.15, 0.2) is 28.9 Å². The lowest BCUT2D eigenvalue weighted by Crippen LogP contribution is -2.35. The van der Waals surface area contributed by atoms with Crippen LogP contribution in [0.5, 0.6) is 0 Å². The Morgan fingerprint density at radius 3 is 2.86 bits per heavy atom. The number of rotatable bonds is 7. The van der Waals surface area contributed by atoms with E-state index in [1.807, 2.05) is 32.0 Å². The fraction of sp³-hybridized carbons (Fsp3) is 0.467. The molecule has 0 saturated carbocycles. The number of urea groups is 1. The molecule has 0 aliphatic rings. The van der Waals surface area contributed by atoms with Gasteiger partial charge in [0.1, 0.15) is 0 Å². The summed E-state index contributed by atoms with van der Waals surface area (Å²) in [5, 5.41) is 9.44. The first-order chi connectivity index (χ1) is 10.6. The zero-order valence-electron chi connectivity index (χ0n) is 12.9. The summed E-state index contributed by atoms with van der Waals surface area (Å²) >= 11 is 0. The van der Waals surface area contributed by atoms with Crippen LogP contribution in [0.1, 0.15) is 43.6 Å². The van der Waals surface area contributed by atoms with E-state index in [0.29, 0.717) is 25.4 Å². The van der Waals surface area contributed by atoms with Gasteiger partial charge in [-0.05, 0) is 18.6 Å². The number of hydrogen-bond acceptors (Lipinski definition) is 5. The second kappa shape index (κ2) is 8.11. The highest BCUT2D eigenvalue weighted by Gasteiger charge is 2.09. The third kappa shape index (κ3) is 5.16. The third-order valence-corrected chi connectivity index (χ3v) is 3.01. The van der Waals surface area contributed by atoms with E-state index in [2.05, 4.69) is 25.8 Å². The third-order valence-electron chi connectivity index (χ3n) is 3.01. The lowest BCUT2D eigenvalue weighted by atomic mass is 10.2. The molecular weight excluding hydrogens is 282 g/mol. The average Bonchev–Trinajstić information content (AvgIpc) is 3.00. The summed E-state index contributed by atoms with van der Waals surface area (Å²) in [4.78, 5) is 20.0. The zero-order chi connectivity index (χ0) is 15.8. The van der Waals surface area contributed by atoms with Gasteiger partial charge in [-0.15, -0.1) is 0 Å². The van der Waals surface area contributed by atoms with Gasteiger partial charge in [0.05, 0.1) is 12.2 Å². The van der Waals surface area contributed by atoms with E-state index in [-0.39, 0.29) is 11.9 Å². The summed E-state index contributed by atoms with van der Waals surface area (Å²) in [6.07, 6.45) is 3.10. The van der Waals surface area contributed by atoms with Crippen molar-refractivity contribution in [2.45, 2.75) is 39.2 Å². The quantitative estimate of drug-likeness (QED) is 0.763. The van der Waals surface area contributed by atoms with Crippen molar-refractivity contribution in [3.63, 3.8) is 0 Å². The van der Waals surface area contributed by atoms with E-state index in [9.17, 15) is 4.79 Å². The molecule has 2 heterocycles. The number of carbonyl (C=O) groups excluding carboxylic acids is 1.